The van der Waals surface area contributed by atoms with Crippen LogP contribution in [-0.4, -0.2) is 23.5 Å². The van der Waals surface area contributed by atoms with Crippen LogP contribution in [0.1, 0.15) is 47.8 Å². The van der Waals surface area contributed by atoms with Crippen molar-refractivity contribution < 1.29 is 14.3 Å². The fourth-order valence-electron chi connectivity index (χ4n) is 1.40. The number of thiophene rings is 1. The van der Waals surface area contributed by atoms with Gasteiger partial charge in [-0.05, 0) is 53.2 Å². The predicted octanol–water partition coefficient (Wildman–Crippen LogP) is 2.82. The highest BCUT2D eigenvalue weighted by Gasteiger charge is 2.23. The van der Waals surface area contributed by atoms with E-state index in [0.29, 0.717) is 4.88 Å². The van der Waals surface area contributed by atoms with E-state index in [1.165, 1.54) is 11.3 Å². The summed E-state index contributed by atoms with van der Waals surface area (Å²) >= 11 is 1.43. The van der Waals surface area contributed by atoms with Gasteiger partial charge in [-0.15, -0.1) is 11.3 Å². The molecular weight excluding hydrogens is 262 g/mol. The molecule has 0 saturated carbocycles. The molecule has 1 rings (SSSR count). The highest BCUT2D eigenvalue weighted by atomic mass is 32.1. The molecule has 0 aliphatic rings. The number of ether oxygens (including phenoxy) is 1. The molecule has 0 aliphatic heterocycles. The van der Waals surface area contributed by atoms with Gasteiger partial charge in [-0.25, -0.2) is 4.79 Å². The van der Waals surface area contributed by atoms with E-state index in [9.17, 15) is 9.59 Å². The molecule has 106 valence electrons. The number of amides is 1. The predicted molar refractivity (Wildman–Crippen MR) is 76.6 cm³/mol. The van der Waals surface area contributed by atoms with Crippen LogP contribution in [0.25, 0.3) is 0 Å². The lowest BCUT2D eigenvalue weighted by molar-refractivity contribution is -0.156. The maximum absolute atomic E-state index is 12.0. The van der Waals surface area contributed by atoms with Crippen molar-refractivity contribution in [2.24, 2.45) is 0 Å². The Morgan fingerprint density at radius 3 is 2.32 bits per heavy atom. The van der Waals surface area contributed by atoms with Gasteiger partial charge in [-0.3, -0.25) is 4.79 Å². The molecular formula is C14H21NO3S. The van der Waals surface area contributed by atoms with Crippen molar-refractivity contribution in [3.63, 3.8) is 0 Å². The standard InChI is InChI=1S/C14H21NO3S/c1-8-7-11(19-10(8)3)12(16)15-9(2)13(17)18-14(4,5)6/h7,9H,1-6H3,(H,15,16)/t9-/m0/s1. The molecule has 0 saturated heterocycles. The quantitative estimate of drug-likeness (QED) is 0.868. The third kappa shape index (κ3) is 4.67. The molecule has 0 radical (unpaired) electrons. The van der Waals surface area contributed by atoms with E-state index in [1.54, 1.807) is 27.7 Å². The van der Waals surface area contributed by atoms with Gasteiger partial charge < -0.3 is 10.1 Å². The zero-order valence-electron chi connectivity index (χ0n) is 12.3. The van der Waals surface area contributed by atoms with Crippen molar-refractivity contribution in [3.05, 3.63) is 21.4 Å². The first-order valence-corrected chi connectivity index (χ1v) is 7.02. The first-order chi connectivity index (χ1) is 8.60. The highest BCUT2D eigenvalue weighted by molar-refractivity contribution is 7.14. The summed E-state index contributed by atoms with van der Waals surface area (Å²) in [5, 5.41) is 2.66. The van der Waals surface area contributed by atoms with Gasteiger partial charge in [0, 0.05) is 4.88 Å². The highest BCUT2D eigenvalue weighted by Crippen LogP contribution is 2.20. The van der Waals surface area contributed by atoms with Crippen LogP contribution < -0.4 is 5.32 Å². The minimum Gasteiger partial charge on any atom is -0.458 e. The smallest absolute Gasteiger partial charge is 0.328 e. The number of carbonyl (C=O) groups excluding carboxylic acids is 2. The Kier molecular flexibility index (Phi) is 4.74. The summed E-state index contributed by atoms with van der Waals surface area (Å²) in [7, 11) is 0. The van der Waals surface area contributed by atoms with E-state index in [0.717, 1.165) is 10.4 Å². The molecule has 1 heterocycles. The Balaban J connectivity index is 2.64. The molecule has 1 N–H and O–H groups in total. The summed E-state index contributed by atoms with van der Waals surface area (Å²) < 4.78 is 5.21. The Morgan fingerprint density at radius 2 is 1.89 bits per heavy atom. The van der Waals surface area contributed by atoms with Crippen LogP contribution in [0.5, 0.6) is 0 Å². The summed E-state index contributed by atoms with van der Waals surface area (Å²) in [6.45, 7) is 10.9. The van der Waals surface area contributed by atoms with E-state index >= 15 is 0 Å². The number of nitrogens with one attached hydrogen (secondary N) is 1. The zero-order chi connectivity index (χ0) is 14.8. The van der Waals surface area contributed by atoms with Gasteiger partial charge >= 0.3 is 5.97 Å². The monoisotopic (exact) mass is 283 g/mol. The molecule has 1 aromatic heterocycles. The SMILES string of the molecule is Cc1cc(C(=O)N[C@@H](C)C(=O)OC(C)(C)C)sc1C. The molecule has 0 unspecified atom stereocenters. The van der Waals surface area contributed by atoms with E-state index in [-0.39, 0.29) is 5.91 Å². The minimum absolute atomic E-state index is 0.237. The van der Waals surface area contributed by atoms with E-state index in [2.05, 4.69) is 5.32 Å². The molecule has 0 fully saturated rings. The number of aryl methyl sites for hydroxylation is 2. The summed E-state index contributed by atoms with van der Waals surface area (Å²) in [6, 6.07) is 1.17. The lowest BCUT2D eigenvalue weighted by atomic mass is 10.2. The summed E-state index contributed by atoms with van der Waals surface area (Å²) in [5.74, 6) is -0.662. The Labute approximate surface area is 118 Å². The minimum atomic E-state index is -0.658. The number of hydrogen-bond acceptors (Lipinski definition) is 4. The average Bonchev–Trinajstić information content (AvgIpc) is 2.56. The van der Waals surface area contributed by atoms with Crippen LogP contribution in [0.15, 0.2) is 6.07 Å². The Morgan fingerprint density at radius 1 is 1.32 bits per heavy atom. The molecule has 19 heavy (non-hydrogen) atoms. The van der Waals surface area contributed by atoms with Gasteiger partial charge in [-0.2, -0.15) is 0 Å². The molecule has 0 aliphatic carbocycles. The largest absolute Gasteiger partial charge is 0.458 e. The fraction of sp³-hybridized carbons (Fsp3) is 0.571. The van der Waals surface area contributed by atoms with Crippen molar-refractivity contribution in [2.75, 3.05) is 0 Å². The van der Waals surface area contributed by atoms with E-state index in [1.807, 2.05) is 19.9 Å². The molecule has 5 heteroatoms. The van der Waals surface area contributed by atoms with Crippen LogP contribution in [0, 0.1) is 13.8 Å². The lowest BCUT2D eigenvalue weighted by Gasteiger charge is -2.22. The molecule has 1 aromatic rings. The Bertz CT molecular complexity index is 466. The molecule has 1 atom stereocenters. The third-order valence-corrected chi connectivity index (χ3v) is 3.65. The van der Waals surface area contributed by atoms with Gasteiger partial charge in [0.25, 0.3) is 5.91 Å². The van der Waals surface area contributed by atoms with Crippen LogP contribution in [0.4, 0.5) is 0 Å². The molecule has 4 nitrogen and oxygen atoms in total. The molecule has 0 bridgehead atoms. The lowest BCUT2D eigenvalue weighted by Crippen LogP contribution is -2.42. The topological polar surface area (TPSA) is 55.4 Å². The molecule has 1 amide bonds. The Hall–Kier alpha value is -1.36. The van der Waals surface area contributed by atoms with Gasteiger partial charge in [-0.1, -0.05) is 0 Å². The average molecular weight is 283 g/mol. The van der Waals surface area contributed by atoms with Crippen molar-refractivity contribution in [3.8, 4) is 0 Å². The van der Waals surface area contributed by atoms with Crippen molar-refractivity contribution in [1.29, 1.82) is 0 Å². The second-order valence-corrected chi connectivity index (χ2v) is 6.83. The number of esters is 1. The number of carbonyl (C=O) groups is 2. The van der Waals surface area contributed by atoms with Crippen molar-refractivity contribution in [1.82, 2.24) is 5.32 Å². The first kappa shape index (κ1) is 15.7. The summed E-state index contributed by atoms with van der Waals surface area (Å²) in [5.41, 5.74) is 0.534. The van der Waals surface area contributed by atoms with E-state index in [4.69, 9.17) is 4.74 Å². The third-order valence-electron chi connectivity index (χ3n) is 2.50. The van der Waals surface area contributed by atoms with E-state index < -0.39 is 17.6 Å². The van der Waals surface area contributed by atoms with Crippen LogP contribution in [0.3, 0.4) is 0 Å². The molecule has 0 aromatic carbocycles. The first-order valence-electron chi connectivity index (χ1n) is 6.21. The van der Waals surface area contributed by atoms with Crippen LogP contribution in [0.2, 0.25) is 0 Å². The summed E-state index contributed by atoms with van der Waals surface area (Å²) in [4.78, 5) is 25.5. The van der Waals surface area contributed by atoms with Gasteiger partial charge in [0.15, 0.2) is 0 Å². The normalized spacial score (nSPS) is 12.9. The van der Waals surface area contributed by atoms with Gasteiger partial charge in [0.2, 0.25) is 0 Å². The fourth-order valence-corrected chi connectivity index (χ4v) is 2.34. The molecule has 0 spiro atoms. The second kappa shape index (κ2) is 5.74. The summed E-state index contributed by atoms with van der Waals surface area (Å²) in [6.07, 6.45) is 0. The van der Waals surface area contributed by atoms with Gasteiger partial charge in [0.1, 0.15) is 11.6 Å². The van der Waals surface area contributed by atoms with Crippen LogP contribution >= 0.6 is 11.3 Å². The second-order valence-electron chi connectivity index (χ2n) is 5.58. The maximum Gasteiger partial charge on any atom is 0.328 e. The number of hydrogen-bond donors (Lipinski definition) is 1. The maximum atomic E-state index is 12.0. The van der Waals surface area contributed by atoms with Gasteiger partial charge in [0.05, 0.1) is 4.88 Å². The van der Waals surface area contributed by atoms with Crippen LogP contribution in [-0.2, 0) is 9.53 Å². The zero-order valence-corrected chi connectivity index (χ0v) is 13.1. The number of rotatable bonds is 3. The van der Waals surface area contributed by atoms with Crippen molar-refractivity contribution in [2.45, 2.75) is 53.2 Å². The van der Waals surface area contributed by atoms with Crippen molar-refractivity contribution >= 4 is 23.2 Å².